The van der Waals surface area contributed by atoms with Crippen LogP contribution in [0.2, 0.25) is 0 Å². The molecular weight excluding hydrogens is 350 g/mol. The highest BCUT2D eigenvalue weighted by Crippen LogP contribution is 2.33. The number of benzene rings is 2. The lowest BCUT2D eigenvalue weighted by Gasteiger charge is -2.28. The molecule has 28 heavy (non-hydrogen) atoms. The molecule has 140 valence electrons. The normalized spacial score (nSPS) is 13.9. The first-order valence-electron chi connectivity index (χ1n) is 9.27. The van der Waals surface area contributed by atoms with Gasteiger partial charge in [0.15, 0.2) is 0 Å². The lowest BCUT2D eigenvalue weighted by Crippen LogP contribution is -2.32. The van der Waals surface area contributed by atoms with Gasteiger partial charge in [-0.1, -0.05) is 48.0 Å². The van der Waals surface area contributed by atoms with Crippen molar-refractivity contribution < 1.29 is 9.59 Å². The van der Waals surface area contributed by atoms with Crippen LogP contribution in [-0.2, 0) is 11.3 Å². The zero-order chi connectivity index (χ0) is 19.5. The van der Waals surface area contributed by atoms with Gasteiger partial charge in [0.1, 0.15) is 0 Å². The summed E-state index contributed by atoms with van der Waals surface area (Å²) in [6, 6.07) is 18.9. The first-order valence-corrected chi connectivity index (χ1v) is 9.27. The number of carbonyl (C=O) groups excluding carboxylic acids is 2. The van der Waals surface area contributed by atoms with Crippen LogP contribution in [0.15, 0.2) is 73.1 Å². The Bertz CT molecular complexity index is 1000. The van der Waals surface area contributed by atoms with E-state index in [9.17, 15) is 9.59 Å². The summed E-state index contributed by atoms with van der Waals surface area (Å²) in [6.45, 7) is 2.53. The molecule has 0 spiro atoms. The van der Waals surface area contributed by atoms with Gasteiger partial charge < -0.3 is 10.2 Å². The molecule has 1 N–H and O–H groups in total. The van der Waals surface area contributed by atoms with E-state index in [-0.39, 0.29) is 24.3 Å². The van der Waals surface area contributed by atoms with Crippen molar-refractivity contribution in [3.63, 3.8) is 0 Å². The van der Waals surface area contributed by atoms with Gasteiger partial charge in [0.2, 0.25) is 5.91 Å². The standard InChI is InChI=1S/C23H21N3O2/c1-16-8-10-17(11-9-16)21(13-22(27)25-19-6-4-12-24-14-19)26-15-18-5-2-3-7-20(18)23(26)28/h2-12,14,21H,13,15H2,1H3,(H,25,27)/t21-/m0/s1. The second-order valence-corrected chi connectivity index (χ2v) is 7.01. The van der Waals surface area contributed by atoms with Crippen LogP contribution in [-0.4, -0.2) is 21.7 Å². The maximum atomic E-state index is 13.0. The Morgan fingerprint density at radius 1 is 1.11 bits per heavy atom. The van der Waals surface area contributed by atoms with Crippen molar-refractivity contribution in [1.29, 1.82) is 0 Å². The molecule has 2 amide bonds. The number of hydrogen-bond acceptors (Lipinski definition) is 3. The van der Waals surface area contributed by atoms with Crippen LogP contribution in [0.25, 0.3) is 0 Å². The molecule has 4 rings (SSSR count). The largest absolute Gasteiger partial charge is 0.327 e. The second kappa shape index (κ2) is 7.64. The lowest BCUT2D eigenvalue weighted by molar-refractivity contribution is -0.117. The summed E-state index contributed by atoms with van der Waals surface area (Å²) < 4.78 is 0. The fraction of sp³-hybridized carbons (Fsp3) is 0.174. The number of aryl methyl sites for hydroxylation is 1. The Hall–Kier alpha value is -3.47. The first-order chi connectivity index (χ1) is 13.6. The highest BCUT2D eigenvalue weighted by Gasteiger charge is 2.34. The summed E-state index contributed by atoms with van der Waals surface area (Å²) in [5.41, 5.74) is 4.45. The summed E-state index contributed by atoms with van der Waals surface area (Å²) in [6.07, 6.45) is 3.44. The van der Waals surface area contributed by atoms with Crippen LogP contribution in [0.4, 0.5) is 5.69 Å². The van der Waals surface area contributed by atoms with Gasteiger partial charge in [0.05, 0.1) is 24.3 Å². The first kappa shape index (κ1) is 17.9. The Morgan fingerprint density at radius 3 is 2.61 bits per heavy atom. The van der Waals surface area contributed by atoms with Crippen LogP contribution in [0.1, 0.15) is 39.5 Å². The number of nitrogens with zero attached hydrogens (tertiary/aromatic N) is 2. The number of nitrogens with one attached hydrogen (secondary N) is 1. The topological polar surface area (TPSA) is 62.3 Å². The van der Waals surface area contributed by atoms with E-state index in [0.29, 0.717) is 17.8 Å². The van der Waals surface area contributed by atoms with E-state index in [1.807, 2.05) is 55.5 Å². The van der Waals surface area contributed by atoms with E-state index in [0.717, 1.165) is 16.7 Å². The number of anilines is 1. The van der Waals surface area contributed by atoms with E-state index in [2.05, 4.69) is 10.3 Å². The predicted molar refractivity (Wildman–Crippen MR) is 108 cm³/mol. The molecule has 1 aliphatic heterocycles. The fourth-order valence-electron chi connectivity index (χ4n) is 3.55. The number of amides is 2. The maximum absolute atomic E-state index is 13.0. The number of carbonyl (C=O) groups is 2. The number of aromatic nitrogens is 1. The molecule has 0 aliphatic carbocycles. The molecule has 0 fully saturated rings. The third kappa shape index (κ3) is 3.64. The summed E-state index contributed by atoms with van der Waals surface area (Å²) in [5, 5.41) is 2.87. The van der Waals surface area contributed by atoms with Crippen molar-refractivity contribution in [3.05, 3.63) is 95.3 Å². The molecule has 1 atom stereocenters. The van der Waals surface area contributed by atoms with Gasteiger partial charge in [-0.15, -0.1) is 0 Å². The van der Waals surface area contributed by atoms with Crippen molar-refractivity contribution in [2.45, 2.75) is 25.9 Å². The Kier molecular flexibility index (Phi) is 4.89. The highest BCUT2D eigenvalue weighted by atomic mass is 16.2. The molecule has 0 saturated heterocycles. The third-order valence-electron chi connectivity index (χ3n) is 5.01. The van der Waals surface area contributed by atoms with E-state index >= 15 is 0 Å². The van der Waals surface area contributed by atoms with Crippen molar-refractivity contribution in [1.82, 2.24) is 9.88 Å². The predicted octanol–water partition coefficient (Wildman–Crippen LogP) is 4.12. The molecule has 0 bridgehead atoms. The van der Waals surface area contributed by atoms with Gasteiger partial charge in [0.25, 0.3) is 5.91 Å². The average molecular weight is 371 g/mol. The lowest BCUT2D eigenvalue weighted by atomic mass is 10.00. The maximum Gasteiger partial charge on any atom is 0.255 e. The van der Waals surface area contributed by atoms with Gasteiger partial charge in [-0.3, -0.25) is 14.6 Å². The molecular formula is C23H21N3O2. The quantitative estimate of drug-likeness (QED) is 0.734. The summed E-state index contributed by atoms with van der Waals surface area (Å²) in [5.74, 6) is -0.183. The minimum atomic E-state index is -0.336. The van der Waals surface area contributed by atoms with Crippen LogP contribution >= 0.6 is 0 Å². The molecule has 3 aromatic rings. The van der Waals surface area contributed by atoms with Crippen LogP contribution in [0, 0.1) is 6.92 Å². The fourth-order valence-corrected chi connectivity index (χ4v) is 3.55. The molecule has 5 nitrogen and oxygen atoms in total. The Labute approximate surface area is 164 Å². The van der Waals surface area contributed by atoms with E-state index in [4.69, 9.17) is 0 Å². The van der Waals surface area contributed by atoms with Gasteiger partial charge in [0, 0.05) is 18.3 Å². The number of rotatable bonds is 5. The van der Waals surface area contributed by atoms with Crippen molar-refractivity contribution in [3.8, 4) is 0 Å². The number of pyridine rings is 1. The zero-order valence-corrected chi connectivity index (χ0v) is 15.6. The van der Waals surface area contributed by atoms with Crippen molar-refractivity contribution >= 4 is 17.5 Å². The SMILES string of the molecule is Cc1ccc([C@H](CC(=O)Nc2cccnc2)N2Cc3ccccc3C2=O)cc1. The summed E-state index contributed by atoms with van der Waals surface area (Å²) in [7, 11) is 0. The molecule has 0 unspecified atom stereocenters. The minimum absolute atomic E-state index is 0.0321. The third-order valence-corrected chi connectivity index (χ3v) is 5.01. The van der Waals surface area contributed by atoms with Gasteiger partial charge >= 0.3 is 0 Å². The zero-order valence-electron chi connectivity index (χ0n) is 15.6. The monoisotopic (exact) mass is 371 g/mol. The Morgan fingerprint density at radius 2 is 1.89 bits per heavy atom. The molecule has 1 aliphatic rings. The van der Waals surface area contributed by atoms with Crippen LogP contribution in [0.3, 0.4) is 0 Å². The van der Waals surface area contributed by atoms with E-state index < -0.39 is 0 Å². The number of hydrogen-bond donors (Lipinski definition) is 1. The van der Waals surface area contributed by atoms with Gasteiger partial charge in [-0.25, -0.2) is 0 Å². The van der Waals surface area contributed by atoms with Gasteiger partial charge in [-0.05, 0) is 36.2 Å². The molecule has 2 aromatic carbocycles. The minimum Gasteiger partial charge on any atom is -0.327 e. The van der Waals surface area contributed by atoms with E-state index in [1.165, 1.54) is 0 Å². The smallest absolute Gasteiger partial charge is 0.255 e. The molecule has 1 aromatic heterocycles. The van der Waals surface area contributed by atoms with Gasteiger partial charge in [-0.2, -0.15) is 0 Å². The summed E-state index contributed by atoms with van der Waals surface area (Å²) >= 11 is 0. The summed E-state index contributed by atoms with van der Waals surface area (Å²) in [4.78, 5) is 31.5. The van der Waals surface area contributed by atoms with Crippen LogP contribution in [0.5, 0.6) is 0 Å². The molecule has 2 heterocycles. The van der Waals surface area contributed by atoms with Crippen molar-refractivity contribution in [2.24, 2.45) is 0 Å². The van der Waals surface area contributed by atoms with Crippen LogP contribution < -0.4 is 5.32 Å². The molecule has 0 radical (unpaired) electrons. The van der Waals surface area contributed by atoms with E-state index in [1.54, 1.807) is 29.4 Å². The molecule has 0 saturated carbocycles. The second-order valence-electron chi connectivity index (χ2n) is 7.01. The highest BCUT2D eigenvalue weighted by molar-refractivity contribution is 5.99. The molecule has 5 heteroatoms. The number of fused-ring (bicyclic) bond motifs is 1. The Balaban J connectivity index is 1.61. The average Bonchev–Trinajstić information content (AvgIpc) is 3.04. The van der Waals surface area contributed by atoms with Crippen molar-refractivity contribution in [2.75, 3.05) is 5.32 Å².